The Morgan fingerprint density at radius 3 is 2.83 bits per heavy atom. The molecule has 2 aliphatic rings. The third-order valence-electron chi connectivity index (χ3n) is 4.31. The van der Waals surface area contributed by atoms with Gasteiger partial charge < -0.3 is 19.9 Å². The number of ether oxygens (including phenoxy) is 2. The second kappa shape index (κ2) is 6.32. The molecule has 6 nitrogen and oxygen atoms in total. The molecule has 1 amide bonds. The van der Waals surface area contributed by atoms with Crippen molar-refractivity contribution in [3.8, 4) is 11.5 Å². The molecule has 1 aromatic carbocycles. The Labute approximate surface area is 134 Å². The lowest BCUT2D eigenvalue weighted by Gasteiger charge is -2.26. The molecule has 1 aromatic rings. The number of hydrogen-bond donors (Lipinski definition) is 2. The van der Waals surface area contributed by atoms with E-state index in [-0.39, 0.29) is 12.7 Å². The number of carboxylic acid groups (broad SMARTS) is 1. The molecule has 0 saturated carbocycles. The van der Waals surface area contributed by atoms with Crippen LogP contribution in [-0.2, 0) is 16.1 Å². The minimum atomic E-state index is -0.919. The number of aliphatic carboxylic acids is 1. The molecule has 122 valence electrons. The van der Waals surface area contributed by atoms with Crippen molar-refractivity contribution in [3.63, 3.8) is 0 Å². The topological polar surface area (TPSA) is 84.9 Å². The van der Waals surface area contributed by atoms with Gasteiger partial charge in [0, 0.05) is 6.54 Å². The molecule has 2 N–H and O–H groups in total. The average molecular weight is 317 g/mol. The van der Waals surface area contributed by atoms with Crippen molar-refractivity contribution >= 4 is 11.9 Å². The Morgan fingerprint density at radius 2 is 2.04 bits per heavy atom. The third-order valence-corrected chi connectivity index (χ3v) is 4.31. The third kappa shape index (κ3) is 3.31. The molecule has 0 aromatic heterocycles. The van der Waals surface area contributed by atoms with Crippen LogP contribution in [0.2, 0.25) is 0 Å². The van der Waals surface area contributed by atoms with Gasteiger partial charge in [-0.05, 0) is 37.5 Å². The lowest BCUT2D eigenvalue weighted by atomic mass is 9.79. The summed E-state index contributed by atoms with van der Waals surface area (Å²) in [5.41, 5.74) is 1.95. The first kappa shape index (κ1) is 15.4. The maximum absolute atomic E-state index is 12.4. The quantitative estimate of drug-likeness (QED) is 0.831. The van der Waals surface area contributed by atoms with Gasteiger partial charge in [-0.2, -0.15) is 0 Å². The highest BCUT2D eigenvalue weighted by Crippen LogP contribution is 2.33. The van der Waals surface area contributed by atoms with E-state index in [1.165, 1.54) is 0 Å². The first-order chi connectivity index (χ1) is 11.0. The van der Waals surface area contributed by atoms with Gasteiger partial charge in [0.2, 0.25) is 12.7 Å². The highest BCUT2D eigenvalue weighted by atomic mass is 16.7. The zero-order valence-electron chi connectivity index (χ0n) is 12.9. The molecular formula is C17H19NO5. The fraction of sp³-hybridized carbons (Fsp3) is 0.412. The lowest BCUT2D eigenvalue weighted by molar-refractivity contribution is -0.147. The van der Waals surface area contributed by atoms with Crippen molar-refractivity contribution in [1.82, 2.24) is 5.32 Å². The van der Waals surface area contributed by atoms with Crippen molar-refractivity contribution in [2.45, 2.75) is 26.3 Å². The van der Waals surface area contributed by atoms with Gasteiger partial charge in [-0.25, -0.2) is 0 Å². The maximum Gasteiger partial charge on any atom is 0.307 e. The number of hydrogen-bond acceptors (Lipinski definition) is 4. The number of allylic oxidation sites excluding steroid dienone is 2. The zero-order chi connectivity index (χ0) is 16.4. The van der Waals surface area contributed by atoms with Crippen molar-refractivity contribution < 1.29 is 24.2 Å². The Morgan fingerprint density at radius 1 is 1.26 bits per heavy atom. The summed E-state index contributed by atoms with van der Waals surface area (Å²) in [7, 11) is 0. The van der Waals surface area contributed by atoms with Crippen LogP contribution in [0.4, 0.5) is 0 Å². The summed E-state index contributed by atoms with van der Waals surface area (Å²) < 4.78 is 10.6. The van der Waals surface area contributed by atoms with Gasteiger partial charge >= 0.3 is 5.97 Å². The number of carbonyl (C=O) groups is 2. The second-order valence-electron chi connectivity index (χ2n) is 5.95. The SMILES string of the molecule is CC1=CC[C@H](C(=O)O)[C@H](C(=O)NCc2ccc3c(c2)OCO3)C1. The van der Waals surface area contributed by atoms with Crippen LogP contribution >= 0.6 is 0 Å². The maximum atomic E-state index is 12.4. The monoisotopic (exact) mass is 317 g/mol. The highest BCUT2D eigenvalue weighted by Gasteiger charge is 2.35. The van der Waals surface area contributed by atoms with Crippen LogP contribution in [0.1, 0.15) is 25.3 Å². The van der Waals surface area contributed by atoms with Crippen LogP contribution in [0, 0.1) is 11.8 Å². The predicted molar refractivity (Wildman–Crippen MR) is 82.0 cm³/mol. The minimum absolute atomic E-state index is 0.207. The van der Waals surface area contributed by atoms with Crippen molar-refractivity contribution in [2.75, 3.05) is 6.79 Å². The molecule has 3 rings (SSSR count). The molecule has 0 fully saturated rings. The van der Waals surface area contributed by atoms with E-state index < -0.39 is 17.8 Å². The van der Waals surface area contributed by atoms with E-state index >= 15 is 0 Å². The summed E-state index contributed by atoms with van der Waals surface area (Å²) in [4.78, 5) is 23.7. The fourth-order valence-corrected chi connectivity index (χ4v) is 2.98. The number of nitrogens with one attached hydrogen (secondary N) is 1. The van der Waals surface area contributed by atoms with Gasteiger partial charge in [0.15, 0.2) is 11.5 Å². The zero-order valence-corrected chi connectivity index (χ0v) is 12.9. The van der Waals surface area contributed by atoms with Gasteiger partial charge in [0.25, 0.3) is 0 Å². The van der Waals surface area contributed by atoms with E-state index in [0.717, 1.165) is 11.1 Å². The van der Waals surface area contributed by atoms with E-state index in [9.17, 15) is 14.7 Å². The Balaban J connectivity index is 1.64. The summed E-state index contributed by atoms with van der Waals surface area (Å²) in [6, 6.07) is 5.48. The van der Waals surface area contributed by atoms with E-state index in [0.29, 0.717) is 30.9 Å². The summed E-state index contributed by atoms with van der Waals surface area (Å²) in [6.45, 7) is 2.47. The van der Waals surface area contributed by atoms with E-state index in [1.807, 2.05) is 25.1 Å². The van der Waals surface area contributed by atoms with Crippen LogP contribution in [0.5, 0.6) is 11.5 Å². The number of carboxylic acids is 1. The standard InChI is InChI=1S/C17H19NO5/c1-10-2-4-12(17(20)21)13(6-10)16(19)18-8-11-3-5-14-15(7-11)23-9-22-14/h2-3,5,7,12-13H,4,6,8-9H2,1H3,(H,18,19)(H,20,21)/t12-,13+/m0/s1. The molecule has 0 spiro atoms. The van der Waals surface area contributed by atoms with Gasteiger partial charge in [-0.1, -0.05) is 17.7 Å². The Kier molecular flexibility index (Phi) is 4.23. The van der Waals surface area contributed by atoms with E-state index in [2.05, 4.69) is 5.32 Å². The number of rotatable bonds is 4. The van der Waals surface area contributed by atoms with Crippen LogP contribution in [-0.4, -0.2) is 23.8 Å². The highest BCUT2D eigenvalue weighted by molar-refractivity contribution is 5.85. The largest absolute Gasteiger partial charge is 0.481 e. The molecular weight excluding hydrogens is 298 g/mol. The summed E-state index contributed by atoms with van der Waals surface area (Å²) in [5.74, 6) is -0.961. The normalized spacial score (nSPS) is 22.4. The fourth-order valence-electron chi connectivity index (χ4n) is 2.98. The van der Waals surface area contributed by atoms with E-state index in [1.54, 1.807) is 6.07 Å². The first-order valence-corrected chi connectivity index (χ1v) is 7.59. The molecule has 0 radical (unpaired) electrons. The second-order valence-corrected chi connectivity index (χ2v) is 5.95. The lowest BCUT2D eigenvalue weighted by Crippen LogP contribution is -2.39. The number of amides is 1. The molecule has 2 atom stereocenters. The summed E-state index contributed by atoms with van der Waals surface area (Å²) in [5, 5.41) is 12.1. The molecule has 6 heteroatoms. The van der Waals surface area contributed by atoms with Gasteiger partial charge in [-0.3, -0.25) is 9.59 Å². The van der Waals surface area contributed by atoms with Crippen LogP contribution in [0.15, 0.2) is 29.8 Å². The summed E-state index contributed by atoms with van der Waals surface area (Å²) >= 11 is 0. The molecule has 1 aliphatic carbocycles. The van der Waals surface area contributed by atoms with Gasteiger partial charge in [0.05, 0.1) is 11.8 Å². The van der Waals surface area contributed by atoms with Crippen molar-refractivity contribution in [2.24, 2.45) is 11.8 Å². The molecule has 1 aliphatic heterocycles. The number of fused-ring (bicyclic) bond motifs is 1. The van der Waals surface area contributed by atoms with Crippen LogP contribution in [0.3, 0.4) is 0 Å². The molecule has 23 heavy (non-hydrogen) atoms. The summed E-state index contributed by atoms with van der Waals surface area (Å²) in [6.07, 6.45) is 2.80. The van der Waals surface area contributed by atoms with Gasteiger partial charge in [-0.15, -0.1) is 0 Å². The minimum Gasteiger partial charge on any atom is -0.481 e. The van der Waals surface area contributed by atoms with E-state index in [4.69, 9.17) is 9.47 Å². The predicted octanol–water partition coefficient (Wildman–Crippen LogP) is 2.09. The van der Waals surface area contributed by atoms with Crippen molar-refractivity contribution in [3.05, 3.63) is 35.4 Å². The molecule has 0 saturated heterocycles. The first-order valence-electron chi connectivity index (χ1n) is 7.59. The average Bonchev–Trinajstić information content (AvgIpc) is 2.99. The van der Waals surface area contributed by atoms with Crippen LogP contribution in [0.25, 0.3) is 0 Å². The Hall–Kier alpha value is -2.50. The molecule has 1 heterocycles. The molecule has 0 unspecified atom stereocenters. The van der Waals surface area contributed by atoms with Crippen molar-refractivity contribution in [1.29, 1.82) is 0 Å². The number of carbonyl (C=O) groups excluding carboxylic acids is 1. The van der Waals surface area contributed by atoms with Gasteiger partial charge in [0.1, 0.15) is 0 Å². The Bertz CT molecular complexity index is 667. The number of benzene rings is 1. The van der Waals surface area contributed by atoms with Crippen LogP contribution < -0.4 is 14.8 Å². The molecule has 0 bridgehead atoms. The smallest absolute Gasteiger partial charge is 0.307 e.